The number of nitrogens with zero attached hydrogens (tertiary/aromatic N) is 2. The molecule has 3 rings (SSSR count). The van der Waals surface area contributed by atoms with Gasteiger partial charge in [-0.2, -0.15) is 0 Å². The van der Waals surface area contributed by atoms with Gasteiger partial charge in [0.1, 0.15) is 11.4 Å². The highest BCUT2D eigenvalue weighted by Crippen LogP contribution is 2.25. The van der Waals surface area contributed by atoms with Crippen LogP contribution in [0.2, 0.25) is 0 Å². The molecule has 0 aliphatic rings. The van der Waals surface area contributed by atoms with E-state index in [1.165, 1.54) is 0 Å². The minimum atomic E-state index is -0.517. The molecule has 6 heteroatoms. The number of ether oxygens (including phenoxy) is 1. The van der Waals surface area contributed by atoms with Crippen molar-refractivity contribution in [3.8, 4) is 5.75 Å². The fourth-order valence-corrected chi connectivity index (χ4v) is 2.89. The van der Waals surface area contributed by atoms with Crippen molar-refractivity contribution in [1.82, 2.24) is 4.98 Å². The number of Topliss-reactive ketones (excluding diaryl/α,β-unsaturated/α-hetero) is 1. The molecule has 1 atom stereocenters. The summed E-state index contributed by atoms with van der Waals surface area (Å²) in [4.78, 5) is 27.7. The van der Waals surface area contributed by atoms with Crippen LogP contribution >= 0.6 is 0 Å². The van der Waals surface area contributed by atoms with Gasteiger partial charge >= 0.3 is 0 Å². The van der Waals surface area contributed by atoms with Gasteiger partial charge < -0.3 is 4.74 Å². The van der Waals surface area contributed by atoms with E-state index in [0.717, 1.165) is 16.5 Å². The zero-order valence-electron chi connectivity index (χ0n) is 14.3. The summed E-state index contributed by atoms with van der Waals surface area (Å²) in [5, 5.41) is 12.0. The van der Waals surface area contributed by atoms with Gasteiger partial charge in [-0.15, -0.1) is 0 Å². The Balaban J connectivity index is 1.84. The zero-order valence-corrected chi connectivity index (χ0v) is 14.3. The van der Waals surface area contributed by atoms with E-state index in [1.807, 2.05) is 30.3 Å². The van der Waals surface area contributed by atoms with E-state index >= 15 is 0 Å². The second-order valence-electron chi connectivity index (χ2n) is 6.00. The van der Waals surface area contributed by atoms with E-state index in [4.69, 9.17) is 4.74 Å². The zero-order chi connectivity index (χ0) is 18.5. The van der Waals surface area contributed by atoms with Gasteiger partial charge in [0.2, 0.25) is 6.54 Å². The molecule has 0 bridgehead atoms. The number of carbonyl (C=O) groups excluding carboxylic acids is 1. The maximum Gasteiger partial charge on any atom is 0.211 e. The lowest BCUT2D eigenvalue weighted by Crippen LogP contribution is -2.17. The van der Waals surface area contributed by atoms with Crippen molar-refractivity contribution in [2.24, 2.45) is 0 Å². The molecule has 0 N–H and O–H groups in total. The number of benzene rings is 2. The van der Waals surface area contributed by atoms with E-state index in [0.29, 0.717) is 11.4 Å². The Kier molecular flexibility index (Phi) is 5.22. The quantitative estimate of drug-likeness (QED) is 0.367. The molecule has 0 saturated carbocycles. The Labute approximate surface area is 150 Å². The first kappa shape index (κ1) is 17.5. The molecule has 0 unspecified atom stereocenters. The van der Waals surface area contributed by atoms with Crippen LogP contribution < -0.4 is 4.74 Å². The highest BCUT2D eigenvalue weighted by atomic mass is 16.6. The predicted molar refractivity (Wildman–Crippen MR) is 98.3 cm³/mol. The van der Waals surface area contributed by atoms with Crippen LogP contribution in [-0.4, -0.2) is 29.3 Å². The van der Waals surface area contributed by atoms with Gasteiger partial charge in [-0.3, -0.25) is 14.9 Å². The van der Waals surface area contributed by atoms with Crippen molar-refractivity contribution in [2.75, 3.05) is 13.7 Å². The van der Waals surface area contributed by atoms with Gasteiger partial charge in [-0.05, 0) is 29.8 Å². The van der Waals surface area contributed by atoms with E-state index in [2.05, 4.69) is 4.98 Å². The van der Waals surface area contributed by atoms with Crippen molar-refractivity contribution in [2.45, 2.75) is 12.3 Å². The number of rotatable bonds is 7. The lowest BCUT2D eigenvalue weighted by molar-refractivity contribution is -0.483. The summed E-state index contributed by atoms with van der Waals surface area (Å²) < 4.78 is 5.11. The van der Waals surface area contributed by atoms with Crippen molar-refractivity contribution < 1.29 is 14.5 Å². The van der Waals surface area contributed by atoms with Crippen molar-refractivity contribution in [1.29, 1.82) is 0 Å². The molecule has 0 amide bonds. The summed E-state index contributed by atoms with van der Waals surface area (Å²) in [7, 11) is 1.55. The summed E-state index contributed by atoms with van der Waals surface area (Å²) in [6.45, 7) is -0.314. The second-order valence-corrected chi connectivity index (χ2v) is 6.00. The molecule has 0 aliphatic heterocycles. The van der Waals surface area contributed by atoms with Crippen LogP contribution in [0.5, 0.6) is 5.75 Å². The van der Waals surface area contributed by atoms with E-state index in [1.54, 1.807) is 37.4 Å². The van der Waals surface area contributed by atoms with Gasteiger partial charge in [0, 0.05) is 16.7 Å². The molecule has 0 fully saturated rings. The van der Waals surface area contributed by atoms with E-state index in [9.17, 15) is 14.9 Å². The molecule has 0 spiro atoms. The van der Waals surface area contributed by atoms with E-state index in [-0.39, 0.29) is 18.7 Å². The third kappa shape index (κ3) is 4.03. The van der Waals surface area contributed by atoms with Crippen molar-refractivity contribution >= 4 is 16.7 Å². The summed E-state index contributed by atoms with van der Waals surface area (Å²) in [6, 6.07) is 18.0. The first-order valence-corrected chi connectivity index (χ1v) is 8.21. The SMILES string of the molecule is COc1ccc([C@@H](CC(=O)c2ccc3ccccc3n2)C[N+](=O)[O-])cc1. The molecule has 0 aliphatic carbocycles. The maximum absolute atomic E-state index is 12.7. The first-order chi connectivity index (χ1) is 12.6. The molecular weight excluding hydrogens is 332 g/mol. The molecule has 0 saturated heterocycles. The standard InChI is InChI=1S/C20H18N2O4/c1-26-17-9-6-14(7-10-17)16(13-22(24)25)12-20(23)19-11-8-15-4-2-3-5-18(15)21-19/h2-11,16H,12-13H2,1H3/t16-/m0/s1. The van der Waals surface area contributed by atoms with Crippen molar-refractivity contribution in [3.05, 3.63) is 82.0 Å². The molecule has 2 aromatic carbocycles. The number of ketones is 1. The van der Waals surface area contributed by atoms with Crippen molar-refractivity contribution in [3.63, 3.8) is 0 Å². The van der Waals surface area contributed by atoms with Gasteiger partial charge in [0.05, 0.1) is 18.5 Å². The van der Waals surface area contributed by atoms with Gasteiger partial charge in [0.15, 0.2) is 5.78 Å². The summed E-state index contributed by atoms with van der Waals surface area (Å²) in [5.41, 5.74) is 1.79. The highest BCUT2D eigenvalue weighted by Gasteiger charge is 2.23. The van der Waals surface area contributed by atoms with Crippen LogP contribution in [0.25, 0.3) is 10.9 Å². The monoisotopic (exact) mass is 350 g/mol. The van der Waals surface area contributed by atoms with E-state index < -0.39 is 10.8 Å². The van der Waals surface area contributed by atoms with Crippen LogP contribution in [0.1, 0.15) is 28.4 Å². The Morgan fingerprint density at radius 2 is 1.85 bits per heavy atom. The topological polar surface area (TPSA) is 82.3 Å². The Hall–Kier alpha value is -3.28. The molecule has 0 radical (unpaired) electrons. The number of fused-ring (bicyclic) bond motifs is 1. The average Bonchev–Trinajstić information content (AvgIpc) is 2.66. The number of hydrogen-bond donors (Lipinski definition) is 0. The minimum absolute atomic E-state index is 0.0264. The summed E-state index contributed by atoms with van der Waals surface area (Å²) >= 11 is 0. The number of aromatic nitrogens is 1. The van der Waals surface area contributed by atoms with Crippen LogP contribution in [0.3, 0.4) is 0 Å². The lowest BCUT2D eigenvalue weighted by atomic mass is 9.92. The van der Waals surface area contributed by atoms with Crippen LogP contribution in [0.4, 0.5) is 0 Å². The Bertz CT molecular complexity index is 938. The highest BCUT2D eigenvalue weighted by molar-refractivity contribution is 5.96. The van der Waals surface area contributed by atoms with Gasteiger partial charge in [-0.25, -0.2) is 4.98 Å². The molecule has 6 nitrogen and oxygen atoms in total. The normalized spacial score (nSPS) is 11.9. The minimum Gasteiger partial charge on any atom is -0.497 e. The van der Waals surface area contributed by atoms with Gasteiger partial charge in [-0.1, -0.05) is 36.4 Å². The first-order valence-electron chi connectivity index (χ1n) is 8.21. The molecule has 132 valence electrons. The lowest BCUT2D eigenvalue weighted by Gasteiger charge is -2.13. The molecule has 1 heterocycles. The third-order valence-electron chi connectivity index (χ3n) is 4.27. The number of methoxy groups -OCH3 is 1. The van der Waals surface area contributed by atoms with Crippen LogP contribution in [-0.2, 0) is 0 Å². The number of hydrogen-bond acceptors (Lipinski definition) is 5. The molecule has 26 heavy (non-hydrogen) atoms. The van der Waals surface area contributed by atoms with Gasteiger partial charge in [0.25, 0.3) is 0 Å². The molecule has 1 aromatic heterocycles. The Morgan fingerprint density at radius 3 is 2.54 bits per heavy atom. The fourth-order valence-electron chi connectivity index (χ4n) is 2.89. The maximum atomic E-state index is 12.7. The average molecular weight is 350 g/mol. The molecular formula is C20H18N2O4. The number of nitro groups is 1. The van der Waals surface area contributed by atoms with Crippen LogP contribution in [0, 0.1) is 10.1 Å². The number of carbonyl (C=O) groups is 1. The number of pyridine rings is 1. The summed E-state index contributed by atoms with van der Waals surface area (Å²) in [5.74, 6) is -0.0637. The second kappa shape index (κ2) is 7.74. The third-order valence-corrected chi connectivity index (χ3v) is 4.27. The van der Waals surface area contributed by atoms with Crippen LogP contribution in [0.15, 0.2) is 60.7 Å². The summed E-state index contributed by atoms with van der Waals surface area (Å²) in [6.07, 6.45) is 0.0264. The number of para-hydroxylation sites is 1. The largest absolute Gasteiger partial charge is 0.497 e. The fraction of sp³-hybridized carbons (Fsp3) is 0.200. The Morgan fingerprint density at radius 1 is 1.12 bits per heavy atom. The smallest absolute Gasteiger partial charge is 0.211 e. The molecule has 3 aromatic rings. The predicted octanol–water partition coefficient (Wildman–Crippen LogP) is 3.88.